The first-order valence-corrected chi connectivity index (χ1v) is 5.26. The van der Waals surface area contributed by atoms with Crippen LogP contribution in [0.3, 0.4) is 0 Å². The lowest BCUT2D eigenvalue weighted by Crippen LogP contribution is -2.12. The van der Waals surface area contributed by atoms with Gasteiger partial charge >= 0.3 is 5.76 Å². The zero-order valence-electron chi connectivity index (χ0n) is 9.28. The van der Waals surface area contributed by atoms with Gasteiger partial charge in [-0.15, -0.1) is 0 Å². The largest absolute Gasteiger partial charge is 0.419 e. The molecule has 1 heterocycles. The number of fused-ring (bicyclic) bond motifs is 1. The van der Waals surface area contributed by atoms with Crippen molar-refractivity contribution in [2.45, 2.75) is 33.2 Å². The summed E-state index contributed by atoms with van der Waals surface area (Å²) >= 11 is 0. The van der Waals surface area contributed by atoms with Crippen molar-refractivity contribution in [2.24, 2.45) is 0 Å². The monoisotopic (exact) mass is 205 g/mol. The summed E-state index contributed by atoms with van der Waals surface area (Å²) in [5.74, 6) is 0.193. The molecule has 2 rings (SSSR count). The van der Waals surface area contributed by atoms with Crippen LogP contribution >= 0.6 is 0 Å². The number of nitrogens with zero attached hydrogens (tertiary/aromatic N) is 1. The molecule has 0 saturated carbocycles. The van der Waals surface area contributed by atoms with Gasteiger partial charge in [0.1, 0.15) is 0 Å². The van der Waals surface area contributed by atoms with Crippen LogP contribution in [0.25, 0.3) is 11.1 Å². The standard InChI is InChI=1S/C12H15NO2/c1-4-13-10-7-9(8(2)3)5-6-11(10)15-12(13)14/h5-8H,4H2,1-3H3. The van der Waals surface area contributed by atoms with Crippen molar-refractivity contribution in [3.05, 3.63) is 34.3 Å². The van der Waals surface area contributed by atoms with Gasteiger partial charge in [-0.3, -0.25) is 4.57 Å². The van der Waals surface area contributed by atoms with E-state index in [0.717, 1.165) is 5.52 Å². The maximum atomic E-state index is 11.4. The Morgan fingerprint density at radius 3 is 2.73 bits per heavy atom. The van der Waals surface area contributed by atoms with E-state index in [9.17, 15) is 4.79 Å². The molecule has 0 aliphatic rings. The van der Waals surface area contributed by atoms with Crippen LogP contribution in [0.1, 0.15) is 32.3 Å². The lowest BCUT2D eigenvalue weighted by molar-refractivity contribution is 0.513. The first-order valence-electron chi connectivity index (χ1n) is 5.26. The highest BCUT2D eigenvalue weighted by Gasteiger charge is 2.09. The highest BCUT2D eigenvalue weighted by atomic mass is 16.4. The van der Waals surface area contributed by atoms with E-state index in [-0.39, 0.29) is 5.76 Å². The molecule has 1 aromatic carbocycles. The Kier molecular flexibility index (Phi) is 2.39. The van der Waals surface area contributed by atoms with Gasteiger partial charge in [0.05, 0.1) is 5.52 Å². The number of benzene rings is 1. The van der Waals surface area contributed by atoms with Crippen LogP contribution in [-0.2, 0) is 6.54 Å². The van der Waals surface area contributed by atoms with Crippen molar-refractivity contribution < 1.29 is 4.42 Å². The number of aryl methyl sites for hydroxylation is 1. The summed E-state index contributed by atoms with van der Waals surface area (Å²) in [5.41, 5.74) is 2.80. The molecule has 0 aliphatic heterocycles. The molecule has 0 atom stereocenters. The summed E-state index contributed by atoms with van der Waals surface area (Å²) in [6, 6.07) is 5.92. The lowest BCUT2D eigenvalue weighted by atomic mass is 10.0. The second-order valence-corrected chi connectivity index (χ2v) is 3.99. The maximum absolute atomic E-state index is 11.4. The molecule has 1 aromatic heterocycles. The van der Waals surface area contributed by atoms with Gasteiger partial charge in [-0.25, -0.2) is 4.79 Å². The van der Waals surface area contributed by atoms with Crippen molar-refractivity contribution in [3.8, 4) is 0 Å². The van der Waals surface area contributed by atoms with E-state index in [4.69, 9.17) is 4.42 Å². The minimum absolute atomic E-state index is 0.270. The number of oxazole rings is 1. The van der Waals surface area contributed by atoms with Gasteiger partial charge < -0.3 is 4.42 Å². The Hall–Kier alpha value is -1.51. The predicted octanol–water partition coefficient (Wildman–Crippen LogP) is 2.74. The number of hydrogen-bond donors (Lipinski definition) is 0. The zero-order chi connectivity index (χ0) is 11.0. The van der Waals surface area contributed by atoms with Crippen LogP contribution < -0.4 is 5.76 Å². The van der Waals surface area contributed by atoms with Crippen LogP contribution in [0.4, 0.5) is 0 Å². The minimum atomic E-state index is -0.270. The summed E-state index contributed by atoms with van der Waals surface area (Å²) in [4.78, 5) is 11.4. The SMILES string of the molecule is CCn1c(=O)oc2ccc(C(C)C)cc21. The first-order chi connectivity index (χ1) is 7.13. The average molecular weight is 205 g/mol. The molecule has 0 amide bonds. The fraction of sp³-hybridized carbons (Fsp3) is 0.417. The molecule has 2 aromatic rings. The van der Waals surface area contributed by atoms with Crippen molar-refractivity contribution in [2.75, 3.05) is 0 Å². The Bertz CT molecular complexity index is 534. The second kappa shape index (κ2) is 3.57. The summed E-state index contributed by atoms with van der Waals surface area (Å²) in [5, 5.41) is 0. The summed E-state index contributed by atoms with van der Waals surface area (Å²) in [6.07, 6.45) is 0. The minimum Gasteiger partial charge on any atom is -0.408 e. The topological polar surface area (TPSA) is 35.1 Å². The van der Waals surface area contributed by atoms with Crippen molar-refractivity contribution in [1.82, 2.24) is 4.57 Å². The highest BCUT2D eigenvalue weighted by molar-refractivity contribution is 5.73. The molecule has 0 bridgehead atoms. The molecule has 3 nitrogen and oxygen atoms in total. The Morgan fingerprint density at radius 1 is 1.40 bits per heavy atom. The zero-order valence-corrected chi connectivity index (χ0v) is 9.28. The molecule has 0 N–H and O–H groups in total. The number of rotatable bonds is 2. The normalized spacial score (nSPS) is 11.5. The third kappa shape index (κ3) is 1.58. The van der Waals surface area contributed by atoms with Gasteiger partial charge in [-0.2, -0.15) is 0 Å². The lowest BCUT2D eigenvalue weighted by Gasteiger charge is -2.04. The quantitative estimate of drug-likeness (QED) is 0.755. The molecule has 0 radical (unpaired) electrons. The Morgan fingerprint density at radius 2 is 2.13 bits per heavy atom. The van der Waals surface area contributed by atoms with E-state index < -0.39 is 0 Å². The molecule has 3 heteroatoms. The first kappa shape index (κ1) is 10.0. The van der Waals surface area contributed by atoms with E-state index in [2.05, 4.69) is 13.8 Å². The van der Waals surface area contributed by atoms with Crippen LogP contribution in [0.5, 0.6) is 0 Å². The predicted molar refractivity (Wildman–Crippen MR) is 60.2 cm³/mol. The van der Waals surface area contributed by atoms with Crippen LogP contribution in [0.15, 0.2) is 27.4 Å². The molecule has 80 valence electrons. The van der Waals surface area contributed by atoms with Crippen LogP contribution in [0, 0.1) is 0 Å². The molecule has 0 saturated heterocycles. The maximum Gasteiger partial charge on any atom is 0.419 e. The van der Waals surface area contributed by atoms with Crippen molar-refractivity contribution in [3.63, 3.8) is 0 Å². The molecule has 0 fully saturated rings. The average Bonchev–Trinajstić information content (AvgIpc) is 2.51. The van der Waals surface area contributed by atoms with Gasteiger partial charge in [0.15, 0.2) is 5.58 Å². The second-order valence-electron chi connectivity index (χ2n) is 3.99. The molecular weight excluding hydrogens is 190 g/mol. The summed E-state index contributed by atoms with van der Waals surface area (Å²) < 4.78 is 6.79. The molecule has 15 heavy (non-hydrogen) atoms. The van der Waals surface area contributed by atoms with Crippen molar-refractivity contribution in [1.29, 1.82) is 0 Å². The number of aromatic nitrogens is 1. The van der Waals surface area contributed by atoms with E-state index in [0.29, 0.717) is 18.0 Å². The van der Waals surface area contributed by atoms with Gasteiger partial charge in [-0.1, -0.05) is 19.9 Å². The molecule has 0 aliphatic carbocycles. The van der Waals surface area contributed by atoms with Crippen LogP contribution in [-0.4, -0.2) is 4.57 Å². The third-order valence-electron chi connectivity index (χ3n) is 2.67. The number of hydrogen-bond acceptors (Lipinski definition) is 2. The van der Waals surface area contributed by atoms with Crippen molar-refractivity contribution >= 4 is 11.1 Å². The molecule has 0 spiro atoms. The van der Waals surface area contributed by atoms with Crippen LogP contribution in [0.2, 0.25) is 0 Å². The summed E-state index contributed by atoms with van der Waals surface area (Å²) in [6.45, 7) is 6.86. The van der Waals surface area contributed by atoms with E-state index in [1.165, 1.54) is 5.56 Å². The fourth-order valence-corrected chi connectivity index (χ4v) is 1.74. The third-order valence-corrected chi connectivity index (χ3v) is 2.67. The van der Waals surface area contributed by atoms with Gasteiger partial charge in [0, 0.05) is 6.54 Å². The van der Waals surface area contributed by atoms with E-state index >= 15 is 0 Å². The fourth-order valence-electron chi connectivity index (χ4n) is 1.74. The van der Waals surface area contributed by atoms with E-state index in [1.807, 2.05) is 25.1 Å². The Labute approximate surface area is 88.3 Å². The highest BCUT2D eigenvalue weighted by Crippen LogP contribution is 2.20. The summed E-state index contributed by atoms with van der Waals surface area (Å²) in [7, 11) is 0. The van der Waals surface area contributed by atoms with Gasteiger partial charge in [0.25, 0.3) is 0 Å². The van der Waals surface area contributed by atoms with E-state index in [1.54, 1.807) is 4.57 Å². The molecule has 0 unspecified atom stereocenters. The Balaban J connectivity index is 2.73. The smallest absolute Gasteiger partial charge is 0.408 e. The molecular formula is C12H15NO2. The van der Waals surface area contributed by atoms with Gasteiger partial charge in [0.2, 0.25) is 0 Å². The van der Waals surface area contributed by atoms with Gasteiger partial charge in [-0.05, 0) is 30.5 Å².